The van der Waals surface area contributed by atoms with Crippen molar-refractivity contribution in [2.45, 2.75) is 0 Å². The van der Waals surface area contributed by atoms with Crippen LogP contribution in [0.2, 0.25) is 0 Å². The fourth-order valence-electron chi connectivity index (χ4n) is 0.749. The highest BCUT2D eigenvalue weighted by Crippen LogP contribution is 2.15. The van der Waals surface area contributed by atoms with Crippen molar-refractivity contribution in [2.24, 2.45) is 0 Å². The number of halogens is 1. The molecule has 0 radical (unpaired) electrons. The Morgan fingerprint density at radius 2 is 2.30 bits per heavy atom. The Hall–Kier alpha value is -0.900. The molecule has 0 fully saturated rings. The van der Waals surface area contributed by atoms with Crippen LogP contribution in [0.25, 0.3) is 11.0 Å². The van der Waals surface area contributed by atoms with E-state index in [2.05, 4.69) is 26.1 Å². The zero-order valence-corrected chi connectivity index (χ0v) is 6.50. The Labute approximate surface area is 65.2 Å². The second-order valence-corrected chi connectivity index (χ2v) is 2.68. The van der Waals surface area contributed by atoms with Gasteiger partial charge in [-0.15, -0.1) is 0 Å². The van der Waals surface area contributed by atoms with Crippen LogP contribution in [0.4, 0.5) is 0 Å². The maximum Gasteiger partial charge on any atom is 0.185 e. The molecule has 0 spiro atoms. The maximum absolute atomic E-state index is 4.84. The molecule has 0 aromatic carbocycles. The van der Waals surface area contributed by atoms with Gasteiger partial charge in [-0.05, 0) is 22.0 Å². The van der Waals surface area contributed by atoms with E-state index in [9.17, 15) is 0 Å². The van der Waals surface area contributed by atoms with Gasteiger partial charge in [0.25, 0.3) is 0 Å². The third kappa shape index (κ3) is 0.806. The van der Waals surface area contributed by atoms with Gasteiger partial charge in [0.1, 0.15) is 4.60 Å². The van der Waals surface area contributed by atoms with Gasteiger partial charge in [-0.3, -0.25) is 0 Å². The minimum atomic E-state index is 0.711. The van der Waals surface area contributed by atoms with Crippen molar-refractivity contribution in [2.75, 3.05) is 0 Å². The van der Waals surface area contributed by atoms with Gasteiger partial charge in [0.15, 0.2) is 5.58 Å². The highest BCUT2D eigenvalue weighted by Gasteiger charge is 1.97. The first-order chi connectivity index (χ1) is 4.86. The number of pyridine rings is 1. The van der Waals surface area contributed by atoms with Crippen LogP contribution in [0.3, 0.4) is 0 Å². The topological polar surface area (TPSA) is 38.9 Å². The Morgan fingerprint density at radius 1 is 1.40 bits per heavy atom. The predicted octanol–water partition coefficient (Wildman–Crippen LogP) is 1.99. The molecule has 2 rings (SSSR count). The minimum Gasteiger partial charge on any atom is -0.355 e. The Balaban J connectivity index is 2.86. The molecule has 0 N–H and O–H groups in total. The van der Waals surface area contributed by atoms with E-state index in [0.29, 0.717) is 5.58 Å². The van der Waals surface area contributed by atoms with E-state index < -0.39 is 0 Å². The Kier molecular flexibility index (Phi) is 1.20. The summed E-state index contributed by atoms with van der Waals surface area (Å²) in [7, 11) is 0. The van der Waals surface area contributed by atoms with E-state index in [1.165, 1.54) is 0 Å². The molecule has 50 valence electrons. The third-order valence-electron chi connectivity index (χ3n) is 1.21. The van der Waals surface area contributed by atoms with Crippen LogP contribution >= 0.6 is 15.9 Å². The first-order valence-electron chi connectivity index (χ1n) is 2.72. The molecule has 0 amide bonds. The summed E-state index contributed by atoms with van der Waals surface area (Å²) in [6.45, 7) is 0. The first-order valence-corrected chi connectivity index (χ1v) is 3.51. The molecule has 2 aromatic heterocycles. The summed E-state index contributed by atoms with van der Waals surface area (Å²) in [5, 5.41) is 4.57. The molecular formula is C6H3BrN2O. The molecule has 0 saturated heterocycles. The van der Waals surface area contributed by atoms with E-state index in [0.717, 1.165) is 9.99 Å². The molecule has 3 nitrogen and oxygen atoms in total. The molecule has 0 saturated carbocycles. The Morgan fingerprint density at radius 3 is 3.20 bits per heavy atom. The summed E-state index contributed by atoms with van der Waals surface area (Å²) in [6.07, 6.45) is 3.29. The monoisotopic (exact) mass is 198 g/mol. The van der Waals surface area contributed by atoms with Gasteiger partial charge in [0.2, 0.25) is 0 Å². The summed E-state index contributed by atoms with van der Waals surface area (Å²) >= 11 is 3.24. The van der Waals surface area contributed by atoms with Crippen molar-refractivity contribution in [1.29, 1.82) is 0 Å². The molecule has 0 aliphatic carbocycles. The molecule has 0 bridgehead atoms. The zero-order chi connectivity index (χ0) is 6.97. The quantitative estimate of drug-likeness (QED) is 0.609. The Bertz CT molecular complexity index is 357. The van der Waals surface area contributed by atoms with Crippen LogP contribution in [0, 0.1) is 0 Å². The molecule has 2 aromatic rings. The lowest BCUT2D eigenvalue weighted by atomic mass is 10.4. The summed E-state index contributed by atoms with van der Waals surface area (Å²) < 4.78 is 5.63. The lowest BCUT2D eigenvalue weighted by Gasteiger charge is -1.85. The molecule has 0 unspecified atom stereocenters. The lowest BCUT2D eigenvalue weighted by Crippen LogP contribution is -1.71. The molecule has 0 atom stereocenters. The van der Waals surface area contributed by atoms with Gasteiger partial charge >= 0.3 is 0 Å². The smallest absolute Gasteiger partial charge is 0.185 e. The lowest BCUT2D eigenvalue weighted by molar-refractivity contribution is 0.455. The van der Waals surface area contributed by atoms with E-state index in [-0.39, 0.29) is 0 Å². The molecule has 0 aliphatic rings. The highest BCUT2D eigenvalue weighted by atomic mass is 79.9. The molecule has 2 heterocycles. The molecule has 0 aliphatic heterocycles. The average molecular weight is 199 g/mol. The fourth-order valence-corrected chi connectivity index (χ4v) is 1.10. The van der Waals surface area contributed by atoms with Crippen molar-refractivity contribution in [3.63, 3.8) is 0 Å². The first kappa shape index (κ1) is 5.85. The van der Waals surface area contributed by atoms with E-state index in [4.69, 9.17) is 4.52 Å². The largest absolute Gasteiger partial charge is 0.355 e. The van der Waals surface area contributed by atoms with Crippen molar-refractivity contribution in [3.8, 4) is 0 Å². The summed E-state index contributed by atoms with van der Waals surface area (Å²) in [4.78, 5) is 3.96. The summed E-state index contributed by atoms with van der Waals surface area (Å²) in [6, 6.07) is 1.85. The van der Waals surface area contributed by atoms with Crippen molar-refractivity contribution in [1.82, 2.24) is 10.1 Å². The zero-order valence-electron chi connectivity index (χ0n) is 4.91. The van der Waals surface area contributed by atoms with Crippen LogP contribution in [-0.4, -0.2) is 10.1 Å². The van der Waals surface area contributed by atoms with Crippen LogP contribution < -0.4 is 0 Å². The molecule has 4 heteroatoms. The number of aromatic nitrogens is 2. The van der Waals surface area contributed by atoms with Crippen LogP contribution in [0.1, 0.15) is 0 Å². The average Bonchev–Trinajstić information content (AvgIpc) is 2.33. The van der Waals surface area contributed by atoms with E-state index >= 15 is 0 Å². The normalized spacial score (nSPS) is 10.5. The van der Waals surface area contributed by atoms with Gasteiger partial charge in [-0.1, -0.05) is 5.16 Å². The van der Waals surface area contributed by atoms with Gasteiger partial charge < -0.3 is 4.52 Å². The maximum atomic E-state index is 4.84. The van der Waals surface area contributed by atoms with Crippen LogP contribution in [0.5, 0.6) is 0 Å². The SMILES string of the molecule is Brc1cc2cnoc2cn1. The van der Waals surface area contributed by atoms with E-state index in [1.807, 2.05) is 6.07 Å². The van der Waals surface area contributed by atoms with Gasteiger partial charge in [0, 0.05) is 5.39 Å². The second-order valence-electron chi connectivity index (χ2n) is 1.87. The number of fused-ring (bicyclic) bond motifs is 1. The predicted molar refractivity (Wildman–Crippen MR) is 39.5 cm³/mol. The van der Waals surface area contributed by atoms with Crippen LogP contribution in [-0.2, 0) is 0 Å². The van der Waals surface area contributed by atoms with Gasteiger partial charge in [-0.25, -0.2) is 4.98 Å². The van der Waals surface area contributed by atoms with Crippen molar-refractivity contribution >= 4 is 26.9 Å². The number of hydrogen-bond donors (Lipinski definition) is 0. The summed E-state index contributed by atoms with van der Waals surface area (Å²) in [5.74, 6) is 0. The second kappa shape index (κ2) is 2.05. The molecular weight excluding hydrogens is 196 g/mol. The number of rotatable bonds is 0. The standard InChI is InChI=1S/C6H3BrN2O/c7-6-1-4-2-9-10-5(4)3-8-6/h1-3H. The third-order valence-corrected chi connectivity index (χ3v) is 1.64. The summed E-state index contributed by atoms with van der Waals surface area (Å²) in [5.41, 5.74) is 0.711. The number of nitrogens with zero attached hydrogens (tertiary/aromatic N) is 2. The number of hydrogen-bond acceptors (Lipinski definition) is 3. The minimum absolute atomic E-state index is 0.711. The molecule has 10 heavy (non-hydrogen) atoms. The fraction of sp³-hybridized carbons (Fsp3) is 0. The van der Waals surface area contributed by atoms with Crippen molar-refractivity contribution in [3.05, 3.63) is 23.1 Å². The van der Waals surface area contributed by atoms with Gasteiger partial charge in [0.05, 0.1) is 12.4 Å². The van der Waals surface area contributed by atoms with Gasteiger partial charge in [-0.2, -0.15) is 0 Å². The van der Waals surface area contributed by atoms with E-state index in [1.54, 1.807) is 12.4 Å². The van der Waals surface area contributed by atoms with Crippen LogP contribution in [0.15, 0.2) is 27.6 Å². The highest BCUT2D eigenvalue weighted by molar-refractivity contribution is 9.10. The van der Waals surface area contributed by atoms with Crippen molar-refractivity contribution < 1.29 is 4.52 Å².